The molecule has 1 N–H and O–H groups in total. The highest BCUT2D eigenvalue weighted by molar-refractivity contribution is 5.75. The summed E-state index contributed by atoms with van der Waals surface area (Å²) >= 11 is 0. The lowest BCUT2D eigenvalue weighted by molar-refractivity contribution is -0.138. The zero-order valence-corrected chi connectivity index (χ0v) is 21.3. The molecule has 6 rings (SSSR count). The van der Waals surface area contributed by atoms with Gasteiger partial charge in [0.1, 0.15) is 23.4 Å². The van der Waals surface area contributed by atoms with E-state index in [0.29, 0.717) is 35.2 Å². The minimum Gasteiger partial charge on any atom is -0.492 e. The van der Waals surface area contributed by atoms with E-state index in [-0.39, 0.29) is 42.1 Å². The van der Waals surface area contributed by atoms with Gasteiger partial charge >= 0.3 is 12.1 Å². The van der Waals surface area contributed by atoms with Gasteiger partial charge in [-0.05, 0) is 66.8 Å². The topological polar surface area (TPSA) is 73.6 Å². The second kappa shape index (κ2) is 9.69. The van der Waals surface area contributed by atoms with Crippen molar-refractivity contribution in [3.8, 4) is 28.3 Å². The lowest BCUT2D eigenvalue weighted by atomic mass is 9.90. The first-order chi connectivity index (χ1) is 19.1. The molecule has 0 fully saturated rings. The molecule has 1 aromatic heterocycles. The summed E-state index contributed by atoms with van der Waals surface area (Å²) in [5, 5.41) is 13.4. The van der Waals surface area contributed by atoms with Gasteiger partial charge in [0.05, 0.1) is 30.0 Å². The second-order valence-corrected chi connectivity index (χ2v) is 10.1. The molecule has 2 atom stereocenters. The molecule has 3 aromatic carbocycles. The van der Waals surface area contributed by atoms with E-state index in [4.69, 9.17) is 14.6 Å². The predicted octanol–water partition coefficient (Wildman–Crippen LogP) is 7.02. The zero-order chi connectivity index (χ0) is 28.2. The molecule has 2 aliphatic rings. The average molecular weight is 553 g/mol. The lowest BCUT2D eigenvalue weighted by Crippen LogP contribution is -2.13. The quantitative estimate of drug-likeness (QED) is 0.260. The highest BCUT2D eigenvalue weighted by atomic mass is 19.4. The molecule has 0 radical (unpaired) electrons. The highest BCUT2D eigenvalue weighted by Gasteiger charge is 2.40. The lowest BCUT2D eigenvalue weighted by Gasteiger charge is -2.21. The molecule has 10 heteroatoms. The number of halogens is 4. The Hall–Kier alpha value is -4.34. The Bertz CT molecular complexity index is 1610. The fourth-order valence-electron chi connectivity index (χ4n) is 5.63. The number of rotatable bonds is 6. The van der Waals surface area contributed by atoms with Crippen molar-refractivity contribution in [1.82, 2.24) is 9.78 Å². The predicted molar refractivity (Wildman–Crippen MR) is 137 cm³/mol. The molecule has 1 aliphatic heterocycles. The molecule has 0 saturated heterocycles. The first-order valence-corrected chi connectivity index (χ1v) is 12.8. The molecule has 0 spiro atoms. The van der Waals surface area contributed by atoms with E-state index in [9.17, 15) is 18.0 Å². The molecule has 0 saturated carbocycles. The molecule has 2 heterocycles. The summed E-state index contributed by atoms with van der Waals surface area (Å²) in [6.07, 6.45) is -3.35. The Balaban J connectivity index is 1.35. The smallest absolute Gasteiger partial charge is 0.417 e. The van der Waals surface area contributed by atoms with Crippen LogP contribution in [0.2, 0.25) is 0 Å². The summed E-state index contributed by atoms with van der Waals surface area (Å²) in [7, 11) is 0. The molecular weight excluding hydrogens is 528 g/mol. The number of carboxylic acids is 1. The van der Waals surface area contributed by atoms with E-state index < -0.39 is 29.6 Å². The summed E-state index contributed by atoms with van der Waals surface area (Å²) in [5.41, 5.74) is 1.88. The molecule has 40 heavy (non-hydrogen) atoms. The van der Waals surface area contributed by atoms with Crippen LogP contribution in [0, 0.1) is 12.7 Å². The fraction of sp³-hybridized carbons (Fsp3) is 0.267. The third kappa shape index (κ3) is 4.67. The second-order valence-electron chi connectivity index (χ2n) is 10.1. The van der Waals surface area contributed by atoms with Crippen LogP contribution in [0.25, 0.3) is 16.8 Å². The number of alkyl halides is 3. The maximum absolute atomic E-state index is 15.3. The number of aromatic nitrogens is 2. The first kappa shape index (κ1) is 25.9. The molecule has 206 valence electrons. The Morgan fingerprint density at radius 2 is 1.93 bits per heavy atom. The van der Waals surface area contributed by atoms with E-state index in [1.54, 1.807) is 53.3 Å². The van der Waals surface area contributed by atoms with Crippen molar-refractivity contribution in [1.29, 1.82) is 0 Å². The number of carbonyl (C=O) groups is 1. The van der Waals surface area contributed by atoms with Crippen molar-refractivity contribution in [2.24, 2.45) is 0 Å². The van der Waals surface area contributed by atoms with Gasteiger partial charge in [-0.2, -0.15) is 18.3 Å². The van der Waals surface area contributed by atoms with Crippen molar-refractivity contribution in [2.45, 2.75) is 44.4 Å². The van der Waals surface area contributed by atoms with Crippen molar-refractivity contribution in [2.75, 3.05) is 6.61 Å². The summed E-state index contributed by atoms with van der Waals surface area (Å²) in [5.74, 6) is -1.32. The number of carboxylic acid groups (broad SMARTS) is 1. The van der Waals surface area contributed by atoms with Gasteiger partial charge < -0.3 is 14.6 Å². The number of hydrogen-bond acceptors (Lipinski definition) is 4. The monoisotopic (exact) mass is 552 g/mol. The van der Waals surface area contributed by atoms with Gasteiger partial charge in [0.25, 0.3) is 0 Å². The summed E-state index contributed by atoms with van der Waals surface area (Å²) in [6.45, 7) is 2.07. The van der Waals surface area contributed by atoms with Crippen LogP contribution < -0.4 is 9.47 Å². The van der Waals surface area contributed by atoms with Crippen LogP contribution in [-0.4, -0.2) is 27.5 Å². The maximum Gasteiger partial charge on any atom is 0.417 e. The first-order valence-electron chi connectivity index (χ1n) is 12.8. The van der Waals surface area contributed by atoms with Gasteiger partial charge in [-0.15, -0.1) is 0 Å². The minimum absolute atomic E-state index is 0.0491. The number of ether oxygens (including phenoxy) is 2. The van der Waals surface area contributed by atoms with Gasteiger partial charge in [-0.25, -0.2) is 9.07 Å². The standard InChI is InChI=1S/C30H24F4N2O4/c1-16-10-11-36(35-16)19-4-2-17(3-5-19)28-22-8-9-25(29(22)24(31)14-23(28)30(32,33)34)40-20-6-7-21-18(12-27(37)38)15-39-26(21)13-20/h2-7,10-11,13-14,18,25H,8-9,12,15H2,1H3,(H,37,38)/t18-,25-/m1/s1. The molecule has 1 aliphatic carbocycles. The third-order valence-corrected chi connectivity index (χ3v) is 7.42. The Kier molecular flexibility index (Phi) is 6.28. The van der Waals surface area contributed by atoms with Gasteiger partial charge in [0, 0.05) is 29.3 Å². The van der Waals surface area contributed by atoms with Gasteiger partial charge in [-0.3, -0.25) is 4.79 Å². The zero-order valence-electron chi connectivity index (χ0n) is 21.3. The van der Waals surface area contributed by atoms with E-state index >= 15 is 4.39 Å². The van der Waals surface area contributed by atoms with Crippen molar-refractivity contribution in [3.63, 3.8) is 0 Å². The summed E-state index contributed by atoms with van der Waals surface area (Å²) in [6, 6.07) is 13.9. The SMILES string of the molecule is Cc1ccn(-c2ccc(-c3c(C(F)(F)F)cc(F)c4c3CC[C@H]4Oc3ccc4c(c3)OC[C@H]4CC(=O)O)cc2)n1. The van der Waals surface area contributed by atoms with Crippen molar-refractivity contribution >= 4 is 5.97 Å². The van der Waals surface area contributed by atoms with E-state index in [1.807, 2.05) is 13.0 Å². The molecule has 6 nitrogen and oxygen atoms in total. The largest absolute Gasteiger partial charge is 0.492 e. The summed E-state index contributed by atoms with van der Waals surface area (Å²) < 4.78 is 71.1. The molecular formula is C30H24F4N2O4. The normalized spacial score (nSPS) is 17.8. The highest BCUT2D eigenvalue weighted by Crippen LogP contribution is 2.48. The molecule has 0 bridgehead atoms. The Labute approximate surface area is 226 Å². The van der Waals surface area contributed by atoms with Crippen LogP contribution in [0.3, 0.4) is 0 Å². The van der Waals surface area contributed by atoms with Crippen LogP contribution >= 0.6 is 0 Å². The summed E-state index contributed by atoms with van der Waals surface area (Å²) in [4.78, 5) is 11.1. The van der Waals surface area contributed by atoms with Crippen LogP contribution in [-0.2, 0) is 17.4 Å². The van der Waals surface area contributed by atoms with Crippen LogP contribution in [0.5, 0.6) is 11.5 Å². The minimum atomic E-state index is -4.76. The number of nitrogens with zero attached hydrogens (tertiary/aromatic N) is 2. The number of aryl methyl sites for hydroxylation is 1. The van der Waals surface area contributed by atoms with Gasteiger partial charge in [0.2, 0.25) is 0 Å². The van der Waals surface area contributed by atoms with E-state index in [1.165, 1.54) is 0 Å². The third-order valence-electron chi connectivity index (χ3n) is 7.42. The fourth-order valence-corrected chi connectivity index (χ4v) is 5.63. The molecule has 0 unspecified atom stereocenters. The Morgan fingerprint density at radius 3 is 2.60 bits per heavy atom. The maximum atomic E-state index is 15.3. The number of hydrogen-bond donors (Lipinski definition) is 1. The van der Waals surface area contributed by atoms with Crippen molar-refractivity contribution in [3.05, 3.63) is 94.6 Å². The van der Waals surface area contributed by atoms with E-state index in [2.05, 4.69) is 5.10 Å². The van der Waals surface area contributed by atoms with Crippen LogP contribution in [0.15, 0.2) is 60.8 Å². The average Bonchev–Trinajstić information content (AvgIpc) is 3.63. The van der Waals surface area contributed by atoms with Crippen LogP contribution in [0.4, 0.5) is 17.6 Å². The Morgan fingerprint density at radius 1 is 1.15 bits per heavy atom. The van der Waals surface area contributed by atoms with Gasteiger partial charge in [0.15, 0.2) is 0 Å². The van der Waals surface area contributed by atoms with Crippen LogP contribution in [0.1, 0.15) is 52.8 Å². The number of aliphatic carboxylic acids is 1. The van der Waals surface area contributed by atoms with Crippen molar-refractivity contribution < 1.29 is 36.9 Å². The number of fused-ring (bicyclic) bond motifs is 2. The molecule has 0 amide bonds. The number of benzene rings is 3. The molecule has 4 aromatic rings. The van der Waals surface area contributed by atoms with E-state index in [0.717, 1.165) is 11.3 Å². The van der Waals surface area contributed by atoms with Gasteiger partial charge in [-0.1, -0.05) is 18.2 Å².